The average Bonchev–Trinajstić information content (AvgIpc) is 2.97. The van der Waals surface area contributed by atoms with Gasteiger partial charge in [-0.25, -0.2) is 19.2 Å². The maximum atomic E-state index is 12.4. The van der Waals surface area contributed by atoms with E-state index in [9.17, 15) is 28.8 Å². The van der Waals surface area contributed by atoms with Crippen molar-refractivity contribution >= 4 is 35.8 Å². The van der Waals surface area contributed by atoms with E-state index in [1.807, 2.05) is 0 Å². The molecule has 0 fully saturated rings. The Morgan fingerprint density at radius 3 is 0.867 bits per heavy atom. The van der Waals surface area contributed by atoms with Crippen molar-refractivity contribution in [2.45, 2.75) is 73.6 Å². The van der Waals surface area contributed by atoms with Crippen LogP contribution in [0.5, 0.6) is 0 Å². The first-order valence-electron chi connectivity index (χ1n) is 14.4. The van der Waals surface area contributed by atoms with Gasteiger partial charge in [-0.1, -0.05) is 32.7 Å². The predicted molar refractivity (Wildman–Crippen MR) is 164 cm³/mol. The van der Waals surface area contributed by atoms with Crippen LogP contribution in [0.1, 0.15) is 73.6 Å². The van der Waals surface area contributed by atoms with Gasteiger partial charge in [-0.05, 0) is 54.4 Å². The highest BCUT2D eigenvalue weighted by molar-refractivity contribution is 5.88. The van der Waals surface area contributed by atoms with E-state index in [0.29, 0.717) is 19.3 Å². The van der Waals surface area contributed by atoms with Crippen LogP contribution in [-0.2, 0) is 57.2 Å². The van der Waals surface area contributed by atoms with E-state index < -0.39 is 46.6 Å². The molecule has 45 heavy (non-hydrogen) atoms. The lowest BCUT2D eigenvalue weighted by molar-refractivity contribution is -0.159. The smallest absolute Gasteiger partial charge is 0.333 e. The Kier molecular flexibility index (Phi) is 18.1. The van der Waals surface area contributed by atoms with Gasteiger partial charge in [0.1, 0.15) is 39.6 Å². The molecule has 0 unspecified atom stereocenters. The zero-order valence-corrected chi connectivity index (χ0v) is 27.5. The first kappa shape index (κ1) is 40.8. The van der Waals surface area contributed by atoms with Crippen molar-refractivity contribution in [2.24, 2.45) is 10.8 Å². The Bertz CT molecular complexity index is 998. The summed E-state index contributed by atoms with van der Waals surface area (Å²) < 4.78 is 31.5. The molecule has 0 spiro atoms. The van der Waals surface area contributed by atoms with E-state index in [-0.39, 0.29) is 74.8 Å². The van der Waals surface area contributed by atoms with E-state index in [1.165, 1.54) is 27.7 Å². The van der Waals surface area contributed by atoms with Crippen molar-refractivity contribution in [2.75, 3.05) is 39.6 Å². The summed E-state index contributed by atoms with van der Waals surface area (Å²) >= 11 is 0. The Balaban J connectivity index is 4.75. The quantitative estimate of drug-likeness (QED) is 0.0709. The third-order valence-corrected chi connectivity index (χ3v) is 6.03. The molecular weight excluding hydrogens is 588 g/mol. The van der Waals surface area contributed by atoms with Gasteiger partial charge in [0.15, 0.2) is 0 Å². The molecule has 0 saturated carbocycles. The van der Waals surface area contributed by atoms with Crippen molar-refractivity contribution in [1.82, 2.24) is 0 Å². The summed E-state index contributed by atoms with van der Waals surface area (Å²) in [6, 6.07) is 0. The Labute approximate surface area is 265 Å². The third-order valence-electron chi connectivity index (χ3n) is 6.03. The average molecular weight is 637 g/mol. The van der Waals surface area contributed by atoms with Gasteiger partial charge in [-0.15, -0.1) is 0 Å². The second-order valence-electron chi connectivity index (χ2n) is 11.9. The van der Waals surface area contributed by atoms with Crippen LogP contribution < -0.4 is 0 Å². The zero-order valence-electron chi connectivity index (χ0n) is 27.5. The minimum Gasteiger partial charge on any atom is -0.465 e. The number of unbranched alkanes of at least 4 members (excludes halogenated alkanes) is 2. The van der Waals surface area contributed by atoms with Crippen LogP contribution in [0.2, 0.25) is 0 Å². The Hall–Kier alpha value is -4.22. The molecule has 252 valence electrons. The van der Waals surface area contributed by atoms with Gasteiger partial charge < -0.3 is 28.4 Å². The van der Waals surface area contributed by atoms with Crippen LogP contribution in [0, 0.1) is 10.8 Å². The number of carbonyl (C=O) groups is 6. The predicted octanol–water partition coefficient (Wildman–Crippen LogP) is 4.51. The second-order valence-corrected chi connectivity index (χ2v) is 11.9. The molecule has 0 heterocycles. The van der Waals surface area contributed by atoms with E-state index in [1.54, 1.807) is 13.8 Å². The molecule has 0 aromatic carbocycles. The normalized spacial score (nSPS) is 11.0. The number of esters is 6. The van der Waals surface area contributed by atoms with Crippen LogP contribution in [-0.4, -0.2) is 75.5 Å². The number of hydrogen-bond acceptors (Lipinski definition) is 12. The van der Waals surface area contributed by atoms with Gasteiger partial charge in [0.25, 0.3) is 0 Å². The highest BCUT2D eigenvalue weighted by Crippen LogP contribution is 2.22. The summed E-state index contributed by atoms with van der Waals surface area (Å²) in [5, 5.41) is 0. The van der Waals surface area contributed by atoms with Crippen LogP contribution in [0.25, 0.3) is 0 Å². The van der Waals surface area contributed by atoms with E-state index in [0.717, 1.165) is 0 Å². The molecule has 0 aliphatic heterocycles. The van der Waals surface area contributed by atoms with Crippen LogP contribution in [0.15, 0.2) is 48.6 Å². The summed E-state index contributed by atoms with van der Waals surface area (Å²) in [4.78, 5) is 72.1. The molecule has 12 heteroatoms. The highest BCUT2D eigenvalue weighted by atomic mass is 16.6. The molecule has 0 atom stereocenters. The summed E-state index contributed by atoms with van der Waals surface area (Å²) in [7, 11) is 0. The number of rotatable bonds is 22. The molecule has 12 nitrogen and oxygen atoms in total. The van der Waals surface area contributed by atoms with E-state index in [4.69, 9.17) is 28.4 Å². The van der Waals surface area contributed by atoms with Crippen molar-refractivity contribution in [1.29, 1.82) is 0 Å². The van der Waals surface area contributed by atoms with Crippen molar-refractivity contribution in [3.63, 3.8) is 0 Å². The molecule has 0 N–H and O–H groups in total. The molecule has 0 aromatic rings. The molecule has 0 rings (SSSR count). The highest BCUT2D eigenvalue weighted by Gasteiger charge is 2.32. The SMILES string of the molecule is C=C(C)C(=O)OCC(C)(COC(=O)CCCCCC(=O)OCC(C)(COC(=O)C(=C)C)COC(=O)C(=C)C)COC(=O)C(=C)C. The summed E-state index contributed by atoms with van der Waals surface area (Å²) in [5.41, 5.74) is -1.23. The molecular formula is C33H48O12. The fraction of sp³-hybridized carbons (Fsp3) is 0.576. The van der Waals surface area contributed by atoms with Crippen LogP contribution in [0.4, 0.5) is 0 Å². The molecule has 0 aliphatic rings. The molecule has 0 amide bonds. The number of ether oxygens (including phenoxy) is 6. The number of carbonyl (C=O) groups excluding carboxylic acids is 6. The standard InChI is InChI=1S/C33H48O12/c1-22(2)28(36)42-18-32(9,19-43-29(37)23(3)4)16-40-26(34)14-12-11-13-15-27(35)41-17-33(10,20-44-30(38)24(5)6)21-45-31(39)25(7)8/h1,3,5,7,11-21H2,2,4,6,8-10H3. The first-order valence-corrected chi connectivity index (χ1v) is 14.4. The van der Waals surface area contributed by atoms with E-state index >= 15 is 0 Å². The molecule has 0 saturated heterocycles. The van der Waals surface area contributed by atoms with Crippen LogP contribution in [0.3, 0.4) is 0 Å². The van der Waals surface area contributed by atoms with Crippen molar-refractivity contribution in [3.05, 3.63) is 48.6 Å². The lowest BCUT2D eigenvalue weighted by atomic mass is 9.94. The maximum absolute atomic E-state index is 12.4. The number of hydrogen-bond donors (Lipinski definition) is 0. The summed E-state index contributed by atoms with van der Waals surface area (Å²) in [6.07, 6.45) is 1.54. The van der Waals surface area contributed by atoms with Crippen molar-refractivity contribution in [3.8, 4) is 0 Å². The van der Waals surface area contributed by atoms with Gasteiger partial charge >= 0.3 is 35.8 Å². The second kappa shape index (κ2) is 19.9. The third kappa shape index (κ3) is 18.2. The minimum absolute atomic E-state index is 0.0719. The Morgan fingerprint density at radius 2 is 0.644 bits per heavy atom. The van der Waals surface area contributed by atoms with Gasteiger partial charge in [-0.3, -0.25) is 9.59 Å². The van der Waals surface area contributed by atoms with Gasteiger partial charge in [-0.2, -0.15) is 0 Å². The molecule has 0 bridgehead atoms. The first-order chi connectivity index (χ1) is 20.8. The minimum atomic E-state index is -1.00. The maximum Gasteiger partial charge on any atom is 0.333 e. The summed E-state index contributed by atoms with van der Waals surface area (Å²) in [5.74, 6) is -3.52. The fourth-order valence-electron chi connectivity index (χ4n) is 3.07. The lowest BCUT2D eigenvalue weighted by Crippen LogP contribution is -2.37. The molecule has 0 radical (unpaired) electrons. The Morgan fingerprint density at radius 1 is 0.422 bits per heavy atom. The van der Waals surface area contributed by atoms with Crippen molar-refractivity contribution < 1.29 is 57.2 Å². The zero-order chi connectivity index (χ0) is 34.8. The van der Waals surface area contributed by atoms with E-state index in [2.05, 4.69) is 26.3 Å². The topological polar surface area (TPSA) is 158 Å². The fourth-order valence-corrected chi connectivity index (χ4v) is 3.07. The van der Waals surface area contributed by atoms with Gasteiger partial charge in [0, 0.05) is 35.1 Å². The largest absolute Gasteiger partial charge is 0.465 e. The van der Waals surface area contributed by atoms with Crippen LogP contribution >= 0.6 is 0 Å². The lowest BCUT2D eigenvalue weighted by Gasteiger charge is -2.28. The monoisotopic (exact) mass is 636 g/mol. The van der Waals surface area contributed by atoms with Gasteiger partial charge in [0.05, 0.1) is 10.8 Å². The molecule has 0 aromatic heterocycles. The molecule has 0 aliphatic carbocycles. The summed E-state index contributed by atoms with van der Waals surface area (Å²) in [6.45, 7) is 22.3. The van der Waals surface area contributed by atoms with Gasteiger partial charge in [0.2, 0.25) is 0 Å².